The van der Waals surface area contributed by atoms with Crippen molar-refractivity contribution in [2.45, 2.75) is 13.0 Å². The second-order valence-corrected chi connectivity index (χ2v) is 6.05. The molecular weight excluding hydrogens is 316 g/mol. The number of thiophene rings is 1. The lowest BCUT2D eigenvalue weighted by atomic mass is 10.1. The third kappa shape index (κ3) is 3.50. The first-order chi connectivity index (χ1) is 9.88. The van der Waals surface area contributed by atoms with E-state index in [1.165, 1.54) is 29.5 Å². The molecule has 2 N–H and O–H groups in total. The number of nitrogens with one attached hydrogen (secondary N) is 1. The second-order valence-electron chi connectivity index (χ2n) is 4.30. The minimum absolute atomic E-state index is 0.0993. The molecule has 1 aromatic carbocycles. The third-order valence-electron chi connectivity index (χ3n) is 2.83. The average Bonchev–Trinajstić information content (AvgIpc) is 2.85. The number of nitro groups is 1. The number of carboxylic acids is 1. The number of aromatic carboxylic acids is 1. The number of anilines is 1. The molecule has 2 rings (SSSR count). The lowest BCUT2D eigenvalue weighted by Gasteiger charge is -2.13. The minimum atomic E-state index is -1.33. The first kappa shape index (κ1) is 15.3. The fourth-order valence-corrected chi connectivity index (χ4v) is 2.90. The van der Waals surface area contributed by atoms with Crippen molar-refractivity contribution in [3.05, 3.63) is 55.2 Å². The van der Waals surface area contributed by atoms with Gasteiger partial charge in [-0.2, -0.15) is 0 Å². The molecule has 110 valence electrons. The third-order valence-corrected chi connectivity index (χ3v) is 4.24. The largest absolute Gasteiger partial charge is 0.477 e. The van der Waals surface area contributed by atoms with Crippen LogP contribution in [0.4, 0.5) is 11.4 Å². The second kappa shape index (κ2) is 6.11. The van der Waals surface area contributed by atoms with E-state index in [2.05, 4.69) is 5.32 Å². The zero-order chi connectivity index (χ0) is 15.6. The highest BCUT2D eigenvalue weighted by atomic mass is 35.5. The van der Waals surface area contributed by atoms with E-state index in [0.717, 1.165) is 4.88 Å². The van der Waals surface area contributed by atoms with Gasteiger partial charge in [-0.05, 0) is 31.2 Å². The van der Waals surface area contributed by atoms with Gasteiger partial charge in [0.1, 0.15) is 5.56 Å². The Morgan fingerprint density at radius 2 is 2.14 bits per heavy atom. The molecule has 1 aromatic heterocycles. The van der Waals surface area contributed by atoms with E-state index in [-0.39, 0.29) is 11.6 Å². The number of benzene rings is 1. The molecule has 1 unspecified atom stereocenters. The molecule has 2 aromatic rings. The van der Waals surface area contributed by atoms with E-state index in [1.54, 1.807) is 6.07 Å². The van der Waals surface area contributed by atoms with Gasteiger partial charge in [0.25, 0.3) is 5.69 Å². The van der Waals surface area contributed by atoms with E-state index in [9.17, 15) is 14.9 Å². The zero-order valence-corrected chi connectivity index (χ0v) is 12.4. The lowest BCUT2D eigenvalue weighted by Crippen LogP contribution is -2.07. The summed E-state index contributed by atoms with van der Waals surface area (Å²) in [6.45, 7) is 1.89. The van der Waals surface area contributed by atoms with Crippen LogP contribution in [0.5, 0.6) is 0 Å². The summed E-state index contributed by atoms with van der Waals surface area (Å²) in [4.78, 5) is 22.2. The van der Waals surface area contributed by atoms with Gasteiger partial charge in [0.2, 0.25) is 0 Å². The summed E-state index contributed by atoms with van der Waals surface area (Å²) in [5.74, 6) is -1.33. The molecule has 21 heavy (non-hydrogen) atoms. The first-order valence-electron chi connectivity index (χ1n) is 5.92. The summed E-state index contributed by atoms with van der Waals surface area (Å²) >= 11 is 7.27. The SMILES string of the molecule is CC(Nc1ccc(C(=O)O)c([N+](=O)[O-])c1)c1ccc(Cl)s1. The Kier molecular flexibility index (Phi) is 4.44. The average molecular weight is 327 g/mol. The Morgan fingerprint density at radius 1 is 1.43 bits per heavy atom. The highest BCUT2D eigenvalue weighted by molar-refractivity contribution is 7.16. The fraction of sp³-hybridized carbons (Fsp3) is 0.154. The molecule has 0 aliphatic rings. The van der Waals surface area contributed by atoms with Gasteiger partial charge in [0.15, 0.2) is 0 Å². The van der Waals surface area contributed by atoms with E-state index in [1.807, 2.05) is 13.0 Å². The van der Waals surface area contributed by atoms with Crippen molar-refractivity contribution in [2.24, 2.45) is 0 Å². The van der Waals surface area contributed by atoms with Gasteiger partial charge in [0, 0.05) is 16.6 Å². The molecule has 0 amide bonds. The van der Waals surface area contributed by atoms with Crippen molar-refractivity contribution < 1.29 is 14.8 Å². The monoisotopic (exact) mass is 326 g/mol. The Labute approximate surface area is 129 Å². The Bertz CT molecular complexity index is 701. The zero-order valence-electron chi connectivity index (χ0n) is 10.9. The Morgan fingerprint density at radius 3 is 2.67 bits per heavy atom. The molecule has 0 spiro atoms. The predicted molar refractivity (Wildman–Crippen MR) is 81.4 cm³/mol. The van der Waals surface area contributed by atoms with Gasteiger partial charge >= 0.3 is 5.97 Å². The number of halogens is 1. The van der Waals surface area contributed by atoms with Crippen molar-refractivity contribution in [3.63, 3.8) is 0 Å². The van der Waals surface area contributed by atoms with Crippen LogP contribution in [-0.2, 0) is 0 Å². The van der Waals surface area contributed by atoms with E-state index < -0.39 is 16.6 Å². The highest BCUT2D eigenvalue weighted by Crippen LogP contribution is 2.30. The van der Waals surface area contributed by atoms with Gasteiger partial charge in [-0.1, -0.05) is 11.6 Å². The molecule has 0 bridgehead atoms. The molecular formula is C13H11ClN2O4S. The molecule has 0 aliphatic heterocycles. The normalized spacial score (nSPS) is 11.9. The number of hydrogen-bond donors (Lipinski definition) is 2. The topological polar surface area (TPSA) is 92.5 Å². The summed E-state index contributed by atoms with van der Waals surface area (Å²) in [5, 5.41) is 23.0. The van der Waals surface area contributed by atoms with Crippen molar-refractivity contribution in [3.8, 4) is 0 Å². The van der Waals surface area contributed by atoms with Crippen LogP contribution in [0.25, 0.3) is 0 Å². The summed E-state index contributed by atoms with van der Waals surface area (Å²) in [5.41, 5.74) is -0.301. The number of carboxylic acid groups (broad SMARTS) is 1. The standard InChI is InChI=1S/C13H11ClN2O4S/c1-7(11-4-5-12(14)21-11)15-8-2-3-9(13(17)18)10(6-8)16(19)20/h2-7,15H,1H3,(H,17,18). The van der Waals surface area contributed by atoms with Gasteiger partial charge in [-0.3, -0.25) is 10.1 Å². The molecule has 1 atom stereocenters. The molecule has 6 nitrogen and oxygen atoms in total. The maximum absolute atomic E-state index is 10.9. The van der Waals surface area contributed by atoms with Crippen molar-refractivity contribution in [1.29, 1.82) is 0 Å². The maximum Gasteiger partial charge on any atom is 0.342 e. The van der Waals surface area contributed by atoms with E-state index >= 15 is 0 Å². The maximum atomic E-state index is 10.9. The summed E-state index contributed by atoms with van der Waals surface area (Å²) in [6.07, 6.45) is 0. The van der Waals surface area contributed by atoms with Crippen LogP contribution in [-0.4, -0.2) is 16.0 Å². The summed E-state index contributed by atoms with van der Waals surface area (Å²) < 4.78 is 0.658. The number of rotatable bonds is 5. The first-order valence-corrected chi connectivity index (χ1v) is 7.11. The number of carbonyl (C=O) groups is 1. The molecule has 0 saturated heterocycles. The van der Waals surface area contributed by atoms with E-state index in [4.69, 9.17) is 16.7 Å². The molecule has 0 fully saturated rings. The molecule has 0 radical (unpaired) electrons. The van der Waals surface area contributed by atoms with Gasteiger partial charge < -0.3 is 10.4 Å². The Hall–Kier alpha value is -2.12. The quantitative estimate of drug-likeness (QED) is 0.635. The van der Waals surface area contributed by atoms with Crippen LogP contribution in [0.1, 0.15) is 28.2 Å². The van der Waals surface area contributed by atoms with Crippen molar-refractivity contribution in [1.82, 2.24) is 0 Å². The number of hydrogen-bond acceptors (Lipinski definition) is 5. The molecule has 0 saturated carbocycles. The van der Waals surface area contributed by atoms with Crippen molar-refractivity contribution >= 4 is 40.3 Å². The van der Waals surface area contributed by atoms with Crippen LogP contribution in [0, 0.1) is 10.1 Å². The van der Waals surface area contributed by atoms with Crippen molar-refractivity contribution in [2.75, 3.05) is 5.32 Å². The molecule has 8 heteroatoms. The van der Waals surface area contributed by atoms with E-state index in [0.29, 0.717) is 10.0 Å². The summed E-state index contributed by atoms with van der Waals surface area (Å²) in [6, 6.07) is 7.48. The van der Waals surface area contributed by atoms with Crippen LogP contribution < -0.4 is 5.32 Å². The van der Waals surface area contributed by atoms with Crippen LogP contribution >= 0.6 is 22.9 Å². The fourth-order valence-electron chi connectivity index (χ4n) is 1.84. The number of nitro benzene ring substituents is 1. The van der Waals surface area contributed by atoms with Crippen LogP contribution in [0.15, 0.2) is 30.3 Å². The molecule has 0 aliphatic carbocycles. The van der Waals surface area contributed by atoms with Crippen LogP contribution in [0.3, 0.4) is 0 Å². The summed E-state index contributed by atoms with van der Waals surface area (Å²) in [7, 11) is 0. The van der Waals surface area contributed by atoms with Gasteiger partial charge in [-0.25, -0.2) is 4.79 Å². The highest BCUT2D eigenvalue weighted by Gasteiger charge is 2.20. The van der Waals surface area contributed by atoms with Gasteiger partial charge in [0.05, 0.1) is 15.3 Å². The molecule has 1 heterocycles. The predicted octanol–water partition coefficient (Wildman–Crippen LogP) is 4.18. The van der Waals surface area contributed by atoms with Crippen LogP contribution in [0.2, 0.25) is 4.34 Å². The smallest absolute Gasteiger partial charge is 0.342 e. The number of nitrogens with zero attached hydrogens (tertiary/aromatic N) is 1. The Balaban J connectivity index is 2.27. The lowest BCUT2D eigenvalue weighted by molar-refractivity contribution is -0.385. The minimum Gasteiger partial charge on any atom is -0.477 e. The van der Waals surface area contributed by atoms with Gasteiger partial charge in [-0.15, -0.1) is 11.3 Å².